The lowest BCUT2D eigenvalue weighted by Gasteiger charge is -2.27. The fraction of sp³-hybridized carbons (Fsp3) is 0.600. The Morgan fingerprint density at radius 3 is 2.24 bits per heavy atom. The molecule has 0 unspecified atom stereocenters. The zero-order valence-corrected chi connectivity index (χ0v) is 18.3. The number of esters is 1. The molecule has 1 aliphatic heterocycles. The van der Waals surface area contributed by atoms with Gasteiger partial charge in [-0.3, -0.25) is 9.59 Å². The second-order valence-corrected chi connectivity index (χ2v) is 9.17. The molecule has 0 aromatic heterocycles. The van der Waals surface area contributed by atoms with E-state index >= 15 is 0 Å². The molecule has 0 atom stereocenters. The maximum atomic E-state index is 12.5. The summed E-state index contributed by atoms with van der Waals surface area (Å²) in [5.74, 6) is -0.283. The number of rotatable bonds is 9. The van der Waals surface area contributed by atoms with E-state index in [1.54, 1.807) is 24.3 Å². The standard InChI is InChI=1S/C20H31N3O5S/c1-4-23(5-2)29(26,27)18-8-6-16(7-9-18)14-21-19(24)15-22-12-10-17(11-13-22)20(25)28-3/h6-9,17H,4-5,10-15H2,1-3H3,(H,21,24)/p+1. The molecule has 0 bridgehead atoms. The van der Waals surface area contributed by atoms with Crippen LogP contribution in [0.4, 0.5) is 0 Å². The second kappa shape index (κ2) is 10.7. The lowest BCUT2D eigenvalue weighted by Crippen LogP contribution is -3.14. The highest BCUT2D eigenvalue weighted by atomic mass is 32.2. The minimum Gasteiger partial charge on any atom is -0.469 e. The Morgan fingerprint density at radius 2 is 1.72 bits per heavy atom. The zero-order valence-electron chi connectivity index (χ0n) is 17.4. The van der Waals surface area contributed by atoms with Crippen LogP contribution in [0.2, 0.25) is 0 Å². The molecule has 2 rings (SSSR count). The third-order valence-corrected chi connectivity index (χ3v) is 7.46. The van der Waals surface area contributed by atoms with Crippen LogP contribution in [0.5, 0.6) is 0 Å². The van der Waals surface area contributed by atoms with Gasteiger partial charge in [-0.15, -0.1) is 0 Å². The molecular formula is C20H32N3O5S+. The Bertz CT molecular complexity index is 783. The zero-order chi connectivity index (χ0) is 21.4. The lowest BCUT2D eigenvalue weighted by molar-refractivity contribution is -0.897. The van der Waals surface area contributed by atoms with Crippen LogP contribution >= 0.6 is 0 Å². The van der Waals surface area contributed by atoms with Crippen molar-refractivity contribution in [2.45, 2.75) is 38.1 Å². The van der Waals surface area contributed by atoms with Gasteiger partial charge in [-0.1, -0.05) is 26.0 Å². The van der Waals surface area contributed by atoms with Crippen LogP contribution in [0.15, 0.2) is 29.2 Å². The van der Waals surface area contributed by atoms with Crippen molar-refractivity contribution >= 4 is 21.9 Å². The maximum Gasteiger partial charge on any atom is 0.309 e. The SMILES string of the molecule is CCN(CC)S(=O)(=O)c1ccc(CNC(=O)C[NH+]2CCC(C(=O)OC)CC2)cc1. The number of carbonyl (C=O) groups excluding carboxylic acids is 2. The number of carbonyl (C=O) groups is 2. The first-order chi connectivity index (χ1) is 13.8. The molecule has 0 aliphatic carbocycles. The largest absolute Gasteiger partial charge is 0.469 e. The van der Waals surface area contributed by atoms with Gasteiger partial charge < -0.3 is 15.0 Å². The number of methoxy groups -OCH3 is 1. The van der Waals surface area contributed by atoms with Crippen molar-refractivity contribution < 1.29 is 27.6 Å². The Labute approximate surface area is 173 Å². The van der Waals surface area contributed by atoms with Gasteiger partial charge in [0.15, 0.2) is 6.54 Å². The fourth-order valence-electron chi connectivity index (χ4n) is 3.59. The molecule has 0 saturated carbocycles. The molecule has 1 aliphatic rings. The van der Waals surface area contributed by atoms with Gasteiger partial charge >= 0.3 is 5.97 Å². The first-order valence-corrected chi connectivity index (χ1v) is 11.5. The molecule has 1 heterocycles. The number of hydrogen-bond acceptors (Lipinski definition) is 5. The number of ether oxygens (including phenoxy) is 1. The van der Waals surface area contributed by atoms with Crippen LogP contribution in [0.3, 0.4) is 0 Å². The number of sulfonamides is 1. The first kappa shape index (κ1) is 23.3. The molecule has 8 nitrogen and oxygen atoms in total. The van der Waals surface area contributed by atoms with Crippen molar-refractivity contribution in [2.75, 3.05) is 39.8 Å². The average molecular weight is 427 g/mol. The second-order valence-electron chi connectivity index (χ2n) is 7.23. The van der Waals surface area contributed by atoms with E-state index in [0.717, 1.165) is 36.4 Å². The number of quaternary nitrogens is 1. The smallest absolute Gasteiger partial charge is 0.309 e. The molecule has 162 valence electrons. The summed E-state index contributed by atoms with van der Waals surface area (Å²) >= 11 is 0. The van der Waals surface area contributed by atoms with Crippen LogP contribution in [0.25, 0.3) is 0 Å². The third-order valence-electron chi connectivity index (χ3n) is 5.39. The molecule has 1 saturated heterocycles. The monoisotopic (exact) mass is 426 g/mol. The Balaban J connectivity index is 1.81. The van der Waals surface area contributed by atoms with Crippen LogP contribution in [0.1, 0.15) is 32.3 Å². The number of piperidine rings is 1. The van der Waals surface area contributed by atoms with Crippen LogP contribution < -0.4 is 10.2 Å². The van der Waals surface area contributed by atoms with E-state index in [0.29, 0.717) is 26.2 Å². The van der Waals surface area contributed by atoms with Crippen LogP contribution in [0, 0.1) is 5.92 Å². The first-order valence-electron chi connectivity index (χ1n) is 10.1. The molecule has 1 aromatic rings. The van der Waals surface area contributed by atoms with E-state index in [1.807, 2.05) is 13.8 Å². The minimum absolute atomic E-state index is 0.0575. The molecule has 1 amide bonds. The minimum atomic E-state index is -3.47. The molecule has 0 radical (unpaired) electrons. The molecule has 29 heavy (non-hydrogen) atoms. The van der Waals surface area contributed by atoms with Crippen LogP contribution in [-0.4, -0.2) is 64.4 Å². The van der Waals surface area contributed by atoms with Gasteiger partial charge in [-0.2, -0.15) is 4.31 Å². The predicted octanol–water partition coefficient (Wildman–Crippen LogP) is -0.199. The molecule has 1 fully saturated rings. The van der Waals surface area contributed by atoms with Crippen molar-refractivity contribution in [1.82, 2.24) is 9.62 Å². The number of benzene rings is 1. The van der Waals surface area contributed by atoms with Crippen molar-refractivity contribution in [3.8, 4) is 0 Å². The van der Waals surface area contributed by atoms with Gasteiger partial charge in [-0.05, 0) is 17.7 Å². The molecule has 2 N–H and O–H groups in total. The quantitative estimate of drug-likeness (QED) is 0.533. The summed E-state index contributed by atoms with van der Waals surface area (Å²) in [6.45, 7) is 6.72. The number of amides is 1. The summed E-state index contributed by atoms with van der Waals surface area (Å²) in [7, 11) is -2.07. The summed E-state index contributed by atoms with van der Waals surface area (Å²) in [6.07, 6.45) is 1.47. The number of likely N-dealkylation sites (tertiary alicyclic amines) is 1. The summed E-state index contributed by atoms with van der Waals surface area (Å²) in [4.78, 5) is 25.2. The van der Waals surface area contributed by atoms with Crippen molar-refractivity contribution in [1.29, 1.82) is 0 Å². The highest BCUT2D eigenvalue weighted by Gasteiger charge is 2.29. The number of hydrogen-bond donors (Lipinski definition) is 2. The summed E-state index contributed by atoms with van der Waals surface area (Å²) in [6, 6.07) is 6.62. The molecule has 0 spiro atoms. The van der Waals surface area contributed by atoms with E-state index in [2.05, 4.69) is 5.32 Å². The fourth-order valence-corrected chi connectivity index (χ4v) is 5.05. The van der Waals surface area contributed by atoms with Crippen LogP contribution in [-0.2, 0) is 30.9 Å². The van der Waals surface area contributed by atoms with E-state index in [4.69, 9.17) is 4.74 Å². The van der Waals surface area contributed by atoms with Gasteiger partial charge in [-0.25, -0.2) is 8.42 Å². The Hall–Kier alpha value is -1.97. The van der Waals surface area contributed by atoms with Gasteiger partial charge in [0.05, 0.1) is 31.0 Å². The summed E-state index contributed by atoms with van der Waals surface area (Å²) in [5.41, 5.74) is 0.844. The number of nitrogens with zero attached hydrogens (tertiary/aromatic N) is 1. The lowest BCUT2D eigenvalue weighted by atomic mass is 9.97. The van der Waals surface area contributed by atoms with Crippen molar-refractivity contribution in [2.24, 2.45) is 5.92 Å². The van der Waals surface area contributed by atoms with Gasteiger partial charge in [0.25, 0.3) is 5.91 Å². The Morgan fingerprint density at radius 1 is 1.14 bits per heavy atom. The summed E-state index contributed by atoms with van der Waals surface area (Å²) in [5, 5.41) is 2.88. The topological polar surface area (TPSA) is 97.2 Å². The molecular weight excluding hydrogens is 394 g/mol. The van der Waals surface area contributed by atoms with E-state index < -0.39 is 10.0 Å². The predicted molar refractivity (Wildman–Crippen MR) is 109 cm³/mol. The van der Waals surface area contributed by atoms with E-state index in [1.165, 1.54) is 11.4 Å². The van der Waals surface area contributed by atoms with Crippen molar-refractivity contribution in [3.05, 3.63) is 29.8 Å². The van der Waals surface area contributed by atoms with Gasteiger partial charge in [0.1, 0.15) is 0 Å². The highest BCUT2D eigenvalue weighted by Crippen LogP contribution is 2.16. The van der Waals surface area contributed by atoms with Gasteiger partial charge in [0.2, 0.25) is 10.0 Å². The van der Waals surface area contributed by atoms with Gasteiger partial charge in [0, 0.05) is 32.5 Å². The van der Waals surface area contributed by atoms with Crippen molar-refractivity contribution in [3.63, 3.8) is 0 Å². The normalized spacial score (nSPS) is 19.7. The van der Waals surface area contributed by atoms with E-state index in [-0.39, 0.29) is 22.7 Å². The number of nitrogens with one attached hydrogen (secondary N) is 2. The average Bonchev–Trinajstić information content (AvgIpc) is 2.73. The molecule has 9 heteroatoms. The summed E-state index contributed by atoms with van der Waals surface area (Å²) < 4.78 is 31.2. The highest BCUT2D eigenvalue weighted by molar-refractivity contribution is 7.89. The molecule has 1 aromatic carbocycles. The maximum absolute atomic E-state index is 12.5. The Kier molecular flexibility index (Phi) is 8.60. The third kappa shape index (κ3) is 6.25. The van der Waals surface area contributed by atoms with E-state index in [9.17, 15) is 18.0 Å².